The first kappa shape index (κ1) is 17.3. The average molecular weight is 351 g/mol. The van der Waals surface area contributed by atoms with Crippen LogP contribution in [0.15, 0.2) is 48.5 Å². The fourth-order valence-electron chi connectivity index (χ4n) is 2.06. The maximum atomic E-state index is 12.3. The van der Waals surface area contributed by atoms with Gasteiger partial charge in [-0.05, 0) is 24.6 Å². The van der Waals surface area contributed by atoms with Crippen molar-refractivity contribution in [2.75, 3.05) is 11.9 Å². The van der Waals surface area contributed by atoms with Gasteiger partial charge in [-0.15, -0.1) is 0 Å². The first-order valence-electron chi connectivity index (χ1n) is 7.11. The van der Waals surface area contributed by atoms with Crippen LogP contribution in [0.2, 0.25) is 10.0 Å². The van der Waals surface area contributed by atoms with E-state index in [1.807, 2.05) is 37.3 Å². The summed E-state index contributed by atoms with van der Waals surface area (Å²) in [5.41, 5.74) is 1.19. The quantitative estimate of drug-likeness (QED) is 0.847. The Bertz CT molecular complexity index is 685. The molecule has 2 amide bonds. The molecule has 2 aromatic carbocycles. The fraction of sp³-hybridized carbons (Fsp3) is 0.176. The summed E-state index contributed by atoms with van der Waals surface area (Å²) in [4.78, 5) is 26.0. The number of halogens is 2. The molecule has 0 aliphatic heterocycles. The van der Waals surface area contributed by atoms with E-state index >= 15 is 0 Å². The summed E-state index contributed by atoms with van der Waals surface area (Å²) >= 11 is 12.0. The van der Waals surface area contributed by atoms with Gasteiger partial charge in [0.05, 0.1) is 15.7 Å². The lowest BCUT2D eigenvalue weighted by molar-refractivity contribution is -0.143. The van der Waals surface area contributed by atoms with E-state index in [4.69, 9.17) is 23.2 Å². The van der Waals surface area contributed by atoms with Crippen LogP contribution in [0.4, 0.5) is 5.69 Å². The van der Waals surface area contributed by atoms with Crippen LogP contribution in [-0.2, 0) is 16.1 Å². The SMILES string of the molecule is CCN(Cc1ccccc1)C(=O)C(=O)Nc1c(Cl)cccc1Cl. The summed E-state index contributed by atoms with van der Waals surface area (Å²) in [6.07, 6.45) is 0. The molecule has 0 heterocycles. The molecule has 0 fully saturated rings. The Kier molecular flexibility index (Phi) is 6.02. The molecule has 0 saturated heterocycles. The fourth-order valence-corrected chi connectivity index (χ4v) is 2.55. The Balaban J connectivity index is 2.10. The highest BCUT2D eigenvalue weighted by Gasteiger charge is 2.22. The number of nitrogens with one attached hydrogen (secondary N) is 1. The Hall–Kier alpha value is -2.04. The van der Waals surface area contributed by atoms with Gasteiger partial charge < -0.3 is 10.2 Å². The maximum absolute atomic E-state index is 12.3. The van der Waals surface area contributed by atoms with E-state index in [1.165, 1.54) is 4.90 Å². The Morgan fingerprint density at radius 1 is 1.00 bits per heavy atom. The molecule has 0 spiro atoms. The van der Waals surface area contributed by atoms with Crippen LogP contribution in [0.3, 0.4) is 0 Å². The number of likely N-dealkylation sites (N-methyl/N-ethyl adjacent to an activating group) is 1. The van der Waals surface area contributed by atoms with Gasteiger partial charge in [0, 0.05) is 13.1 Å². The van der Waals surface area contributed by atoms with E-state index in [1.54, 1.807) is 18.2 Å². The van der Waals surface area contributed by atoms with Gasteiger partial charge >= 0.3 is 11.8 Å². The first-order valence-corrected chi connectivity index (χ1v) is 7.86. The predicted molar refractivity (Wildman–Crippen MR) is 92.6 cm³/mol. The summed E-state index contributed by atoms with van der Waals surface area (Å²) in [7, 11) is 0. The molecule has 6 heteroatoms. The third-order valence-corrected chi connectivity index (χ3v) is 3.91. The second-order valence-corrected chi connectivity index (χ2v) is 5.67. The molecule has 0 aromatic heterocycles. The highest BCUT2D eigenvalue weighted by Crippen LogP contribution is 2.29. The van der Waals surface area contributed by atoms with Gasteiger partial charge in [-0.1, -0.05) is 59.6 Å². The molecule has 2 rings (SSSR count). The normalized spacial score (nSPS) is 10.2. The second kappa shape index (κ2) is 7.99. The van der Waals surface area contributed by atoms with E-state index in [9.17, 15) is 9.59 Å². The molecule has 0 aliphatic rings. The number of carbonyl (C=O) groups is 2. The Morgan fingerprint density at radius 2 is 1.61 bits per heavy atom. The van der Waals surface area contributed by atoms with Crippen LogP contribution < -0.4 is 5.32 Å². The minimum atomic E-state index is -0.766. The number of para-hydroxylation sites is 1. The van der Waals surface area contributed by atoms with Crippen LogP contribution in [0, 0.1) is 0 Å². The molecule has 0 saturated carbocycles. The van der Waals surface area contributed by atoms with Gasteiger partial charge in [0.2, 0.25) is 0 Å². The number of amides is 2. The number of rotatable bonds is 4. The highest BCUT2D eigenvalue weighted by atomic mass is 35.5. The van der Waals surface area contributed by atoms with Gasteiger partial charge in [-0.2, -0.15) is 0 Å². The average Bonchev–Trinajstić information content (AvgIpc) is 2.56. The lowest BCUT2D eigenvalue weighted by atomic mass is 10.2. The molecule has 1 N–H and O–H groups in total. The van der Waals surface area contributed by atoms with Crippen molar-refractivity contribution in [3.8, 4) is 0 Å². The van der Waals surface area contributed by atoms with Crippen LogP contribution >= 0.6 is 23.2 Å². The number of nitrogens with zero attached hydrogens (tertiary/aromatic N) is 1. The van der Waals surface area contributed by atoms with Crippen molar-refractivity contribution in [1.29, 1.82) is 0 Å². The Morgan fingerprint density at radius 3 is 2.17 bits per heavy atom. The lowest BCUT2D eigenvalue weighted by Gasteiger charge is -2.20. The largest absolute Gasteiger partial charge is 0.330 e. The lowest BCUT2D eigenvalue weighted by Crippen LogP contribution is -2.39. The van der Waals surface area contributed by atoms with Gasteiger partial charge in [-0.25, -0.2) is 0 Å². The molecular weight excluding hydrogens is 335 g/mol. The van der Waals surface area contributed by atoms with Gasteiger partial charge in [0.1, 0.15) is 0 Å². The van der Waals surface area contributed by atoms with Crippen molar-refractivity contribution in [2.24, 2.45) is 0 Å². The van der Waals surface area contributed by atoms with Gasteiger partial charge in [0.15, 0.2) is 0 Å². The first-order chi connectivity index (χ1) is 11.0. The maximum Gasteiger partial charge on any atom is 0.313 e. The standard InChI is InChI=1S/C17H16Cl2N2O2/c1-2-21(11-12-7-4-3-5-8-12)17(23)16(22)20-15-13(18)9-6-10-14(15)19/h3-10H,2,11H2,1H3,(H,20,22). The molecule has 0 radical (unpaired) electrons. The third kappa shape index (κ3) is 4.47. The minimum Gasteiger partial charge on any atom is -0.330 e. The number of hydrogen-bond acceptors (Lipinski definition) is 2. The molecule has 0 unspecified atom stereocenters. The Labute approximate surface area is 145 Å². The van der Waals surface area contributed by atoms with E-state index in [0.717, 1.165) is 5.56 Å². The van der Waals surface area contributed by atoms with Crippen molar-refractivity contribution >= 4 is 40.7 Å². The van der Waals surface area contributed by atoms with Gasteiger partial charge in [-0.3, -0.25) is 9.59 Å². The molecule has 4 nitrogen and oxygen atoms in total. The summed E-state index contributed by atoms with van der Waals surface area (Å²) in [6.45, 7) is 2.59. The van der Waals surface area contributed by atoms with Crippen molar-refractivity contribution < 1.29 is 9.59 Å². The van der Waals surface area contributed by atoms with Gasteiger partial charge in [0.25, 0.3) is 0 Å². The molecule has 120 valence electrons. The van der Waals surface area contributed by atoms with E-state index in [-0.39, 0.29) is 15.7 Å². The third-order valence-electron chi connectivity index (χ3n) is 3.28. The zero-order valence-electron chi connectivity index (χ0n) is 12.6. The summed E-state index contributed by atoms with van der Waals surface area (Å²) in [5, 5.41) is 3.05. The second-order valence-electron chi connectivity index (χ2n) is 4.86. The molecule has 23 heavy (non-hydrogen) atoms. The van der Waals surface area contributed by atoms with Crippen molar-refractivity contribution in [3.63, 3.8) is 0 Å². The number of benzene rings is 2. The summed E-state index contributed by atoms with van der Waals surface area (Å²) in [5.74, 6) is -1.40. The smallest absolute Gasteiger partial charge is 0.313 e. The minimum absolute atomic E-state index is 0.241. The van der Waals surface area contributed by atoms with Crippen LogP contribution in [0.25, 0.3) is 0 Å². The van der Waals surface area contributed by atoms with E-state index in [0.29, 0.717) is 13.1 Å². The van der Waals surface area contributed by atoms with Crippen LogP contribution in [0.1, 0.15) is 12.5 Å². The topological polar surface area (TPSA) is 49.4 Å². The van der Waals surface area contributed by atoms with Crippen molar-refractivity contribution in [2.45, 2.75) is 13.5 Å². The molecular formula is C17H16Cl2N2O2. The zero-order chi connectivity index (χ0) is 16.8. The monoisotopic (exact) mass is 350 g/mol. The number of hydrogen-bond donors (Lipinski definition) is 1. The van der Waals surface area contributed by atoms with Crippen LogP contribution in [-0.4, -0.2) is 23.3 Å². The zero-order valence-corrected chi connectivity index (χ0v) is 14.1. The number of carbonyl (C=O) groups excluding carboxylic acids is 2. The molecule has 2 aromatic rings. The van der Waals surface area contributed by atoms with E-state index < -0.39 is 11.8 Å². The van der Waals surface area contributed by atoms with E-state index in [2.05, 4.69) is 5.32 Å². The molecule has 0 atom stereocenters. The summed E-state index contributed by atoms with van der Waals surface area (Å²) in [6, 6.07) is 14.3. The predicted octanol–water partition coefficient (Wildman–Crippen LogP) is 3.98. The highest BCUT2D eigenvalue weighted by molar-refractivity contribution is 6.44. The summed E-state index contributed by atoms with van der Waals surface area (Å²) < 4.78 is 0. The molecule has 0 bridgehead atoms. The van der Waals surface area contributed by atoms with Crippen LogP contribution in [0.5, 0.6) is 0 Å². The van der Waals surface area contributed by atoms with Crippen molar-refractivity contribution in [1.82, 2.24) is 4.90 Å². The van der Waals surface area contributed by atoms with Crippen molar-refractivity contribution in [3.05, 3.63) is 64.1 Å². The molecule has 0 aliphatic carbocycles. The number of anilines is 1.